The molecule has 32 heavy (non-hydrogen) atoms. The number of ether oxygens (including phenoxy) is 1. The molecule has 1 aromatic carbocycles. The lowest BCUT2D eigenvalue weighted by Gasteiger charge is -2.33. The van der Waals surface area contributed by atoms with Crippen LogP contribution in [0, 0.1) is 6.92 Å². The Morgan fingerprint density at radius 2 is 1.94 bits per heavy atom. The van der Waals surface area contributed by atoms with Crippen molar-refractivity contribution in [3.63, 3.8) is 0 Å². The lowest BCUT2D eigenvalue weighted by Crippen LogP contribution is -2.43. The quantitative estimate of drug-likeness (QED) is 0.521. The number of likely N-dealkylation sites (N-methyl/N-ethyl adjacent to an activating group) is 1. The molecule has 3 aromatic rings. The van der Waals surface area contributed by atoms with E-state index in [1.165, 1.54) is 0 Å². The molecule has 4 rings (SSSR count). The van der Waals surface area contributed by atoms with Gasteiger partial charge in [-0.25, -0.2) is 13.8 Å². The van der Waals surface area contributed by atoms with Crippen LogP contribution in [0.2, 0.25) is 0 Å². The monoisotopic (exact) mass is 456 g/mol. The summed E-state index contributed by atoms with van der Waals surface area (Å²) < 4.78 is 9.98. The largest absolute Gasteiger partial charge is 0.493 e. The maximum absolute atomic E-state index is 12.9. The molecule has 0 amide bonds. The number of nitrogens with one attached hydrogen (secondary N) is 1. The SMILES string of the molecule is CCCc1nc(C)c2c(=O)[nH]c(-c3cc(SN4CCN(CC)CC4)ccc3OCC)nn12. The van der Waals surface area contributed by atoms with Gasteiger partial charge in [-0.1, -0.05) is 13.8 Å². The third-order valence-electron chi connectivity index (χ3n) is 5.74. The number of aryl methyl sites for hydroxylation is 2. The molecule has 0 unspecified atom stereocenters. The summed E-state index contributed by atoms with van der Waals surface area (Å²) in [5, 5.41) is 4.79. The zero-order valence-electron chi connectivity index (χ0n) is 19.3. The highest BCUT2D eigenvalue weighted by atomic mass is 32.2. The Kier molecular flexibility index (Phi) is 7.17. The van der Waals surface area contributed by atoms with E-state index < -0.39 is 0 Å². The molecule has 0 saturated carbocycles. The fraction of sp³-hybridized carbons (Fsp3) is 0.522. The summed E-state index contributed by atoms with van der Waals surface area (Å²) >= 11 is 1.75. The minimum atomic E-state index is -0.182. The molecule has 8 nitrogen and oxygen atoms in total. The predicted molar refractivity (Wildman–Crippen MR) is 128 cm³/mol. The minimum Gasteiger partial charge on any atom is -0.493 e. The third-order valence-corrected chi connectivity index (χ3v) is 6.82. The molecule has 1 saturated heterocycles. The van der Waals surface area contributed by atoms with E-state index in [-0.39, 0.29) is 5.56 Å². The average Bonchev–Trinajstić information content (AvgIpc) is 3.11. The summed E-state index contributed by atoms with van der Waals surface area (Å²) in [5.41, 5.74) is 1.82. The molecular formula is C23H32N6O2S. The van der Waals surface area contributed by atoms with Crippen LogP contribution in [0.1, 0.15) is 38.7 Å². The van der Waals surface area contributed by atoms with E-state index in [1.54, 1.807) is 16.5 Å². The lowest BCUT2D eigenvalue weighted by molar-refractivity contribution is 0.205. The Bertz CT molecular complexity index is 1130. The van der Waals surface area contributed by atoms with Crippen molar-refractivity contribution in [1.82, 2.24) is 28.8 Å². The molecule has 0 spiro atoms. The van der Waals surface area contributed by atoms with Gasteiger partial charge in [0.2, 0.25) is 0 Å². The molecule has 1 N–H and O–H groups in total. The highest BCUT2D eigenvalue weighted by molar-refractivity contribution is 7.97. The molecule has 0 radical (unpaired) electrons. The number of hydrogen-bond donors (Lipinski definition) is 1. The Balaban J connectivity index is 1.71. The molecule has 9 heteroatoms. The second kappa shape index (κ2) is 10.1. The Morgan fingerprint density at radius 3 is 2.62 bits per heavy atom. The van der Waals surface area contributed by atoms with Gasteiger partial charge in [-0.15, -0.1) is 5.10 Å². The number of H-pyrrole nitrogens is 1. The summed E-state index contributed by atoms with van der Waals surface area (Å²) in [6, 6.07) is 6.11. The van der Waals surface area contributed by atoms with E-state index in [1.807, 2.05) is 19.9 Å². The highest BCUT2D eigenvalue weighted by Gasteiger charge is 2.20. The van der Waals surface area contributed by atoms with Crippen LogP contribution >= 0.6 is 11.9 Å². The maximum Gasteiger partial charge on any atom is 0.277 e. The van der Waals surface area contributed by atoms with Crippen molar-refractivity contribution in [3.8, 4) is 17.1 Å². The average molecular weight is 457 g/mol. The van der Waals surface area contributed by atoms with E-state index in [0.29, 0.717) is 29.4 Å². The van der Waals surface area contributed by atoms with E-state index in [2.05, 4.69) is 45.2 Å². The lowest BCUT2D eigenvalue weighted by atomic mass is 10.2. The predicted octanol–water partition coefficient (Wildman–Crippen LogP) is 3.39. The van der Waals surface area contributed by atoms with Crippen molar-refractivity contribution in [2.45, 2.75) is 45.4 Å². The van der Waals surface area contributed by atoms with Crippen molar-refractivity contribution in [2.75, 3.05) is 39.3 Å². The van der Waals surface area contributed by atoms with Crippen molar-refractivity contribution < 1.29 is 4.74 Å². The van der Waals surface area contributed by atoms with Crippen LogP contribution in [0.5, 0.6) is 5.75 Å². The van der Waals surface area contributed by atoms with Gasteiger partial charge in [0.1, 0.15) is 11.6 Å². The van der Waals surface area contributed by atoms with Gasteiger partial charge in [-0.2, -0.15) is 0 Å². The number of rotatable bonds is 8. The zero-order valence-corrected chi connectivity index (χ0v) is 20.2. The van der Waals surface area contributed by atoms with Crippen molar-refractivity contribution in [1.29, 1.82) is 0 Å². The van der Waals surface area contributed by atoms with E-state index >= 15 is 0 Å². The van der Waals surface area contributed by atoms with Gasteiger partial charge in [0.15, 0.2) is 11.3 Å². The van der Waals surface area contributed by atoms with Crippen LogP contribution < -0.4 is 10.3 Å². The number of imidazole rings is 1. The molecule has 2 aromatic heterocycles. The summed E-state index contributed by atoms with van der Waals surface area (Å²) in [4.78, 5) is 24.0. The minimum absolute atomic E-state index is 0.182. The molecule has 1 aliphatic rings. The molecular weight excluding hydrogens is 424 g/mol. The first-order valence-electron chi connectivity index (χ1n) is 11.4. The van der Waals surface area contributed by atoms with Crippen LogP contribution in [-0.4, -0.2) is 68.1 Å². The molecule has 1 aliphatic heterocycles. The first-order chi connectivity index (χ1) is 15.5. The van der Waals surface area contributed by atoms with E-state index in [4.69, 9.17) is 9.84 Å². The standard InChI is InChI=1S/C23H32N6O2S/c1-5-8-20-24-16(4)21-23(30)25-22(26-29(20)21)18-15-17(9-10-19(18)31-7-3)32-28-13-11-27(6-2)12-14-28/h9-10,15H,5-8,11-14H2,1-4H3,(H,25,26,30). The summed E-state index contributed by atoms with van der Waals surface area (Å²) in [6.45, 7) is 14.0. The van der Waals surface area contributed by atoms with Gasteiger partial charge in [-0.05, 0) is 57.0 Å². The van der Waals surface area contributed by atoms with E-state index in [0.717, 1.165) is 61.8 Å². The molecule has 172 valence electrons. The van der Waals surface area contributed by atoms with Crippen LogP contribution in [0.3, 0.4) is 0 Å². The first-order valence-corrected chi connectivity index (χ1v) is 12.2. The van der Waals surface area contributed by atoms with Gasteiger partial charge >= 0.3 is 0 Å². The number of aromatic nitrogens is 4. The van der Waals surface area contributed by atoms with Crippen LogP contribution in [0.25, 0.3) is 16.9 Å². The fourth-order valence-electron chi connectivity index (χ4n) is 4.06. The number of piperazine rings is 1. The Morgan fingerprint density at radius 1 is 1.16 bits per heavy atom. The van der Waals surface area contributed by atoms with Crippen LogP contribution in [0.15, 0.2) is 27.9 Å². The van der Waals surface area contributed by atoms with Gasteiger partial charge in [0.05, 0.1) is 17.9 Å². The summed E-state index contributed by atoms with van der Waals surface area (Å²) in [7, 11) is 0. The zero-order chi connectivity index (χ0) is 22.7. The third kappa shape index (κ3) is 4.69. The Labute approximate surface area is 193 Å². The van der Waals surface area contributed by atoms with Crippen molar-refractivity contribution in [3.05, 3.63) is 40.1 Å². The molecule has 0 aliphatic carbocycles. The maximum atomic E-state index is 12.9. The summed E-state index contributed by atoms with van der Waals surface area (Å²) in [5.74, 6) is 2.02. The molecule has 0 bridgehead atoms. The van der Waals surface area contributed by atoms with Crippen molar-refractivity contribution >= 4 is 17.5 Å². The first kappa shape index (κ1) is 22.8. The molecule has 3 heterocycles. The van der Waals surface area contributed by atoms with E-state index in [9.17, 15) is 4.79 Å². The van der Waals surface area contributed by atoms with Crippen LogP contribution in [-0.2, 0) is 6.42 Å². The fourth-order valence-corrected chi connectivity index (χ4v) is 5.00. The number of fused-ring (bicyclic) bond motifs is 1. The number of hydrogen-bond acceptors (Lipinski definition) is 7. The number of nitrogens with zero attached hydrogens (tertiary/aromatic N) is 5. The number of aromatic amines is 1. The number of benzene rings is 1. The van der Waals surface area contributed by atoms with Crippen LogP contribution in [0.4, 0.5) is 0 Å². The van der Waals surface area contributed by atoms with Gasteiger partial charge in [0.25, 0.3) is 5.56 Å². The second-order valence-electron chi connectivity index (χ2n) is 7.97. The van der Waals surface area contributed by atoms with Gasteiger partial charge in [0, 0.05) is 37.5 Å². The Hall–Kier alpha value is -2.36. The molecule has 0 atom stereocenters. The van der Waals surface area contributed by atoms with Gasteiger partial charge in [-0.3, -0.25) is 4.79 Å². The molecule has 1 fully saturated rings. The second-order valence-corrected chi connectivity index (χ2v) is 9.14. The van der Waals surface area contributed by atoms with Gasteiger partial charge < -0.3 is 14.6 Å². The van der Waals surface area contributed by atoms with Crippen molar-refractivity contribution in [2.24, 2.45) is 0 Å². The highest BCUT2D eigenvalue weighted by Crippen LogP contribution is 2.34. The summed E-state index contributed by atoms with van der Waals surface area (Å²) in [6.07, 6.45) is 1.70. The normalized spacial score (nSPS) is 15.5. The smallest absolute Gasteiger partial charge is 0.277 e. The topological polar surface area (TPSA) is 78.8 Å².